The summed E-state index contributed by atoms with van der Waals surface area (Å²) in [7, 11) is 1.66. The summed E-state index contributed by atoms with van der Waals surface area (Å²) in [4.78, 5) is 80.2. The molecule has 0 atom stereocenters. The molecule has 5 amide bonds. The second-order valence-electron chi connectivity index (χ2n) is 20.5. The van der Waals surface area contributed by atoms with Gasteiger partial charge in [0.15, 0.2) is 35.5 Å². The maximum absolute atomic E-state index is 16.0. The summed E-state index contributed by atoms with van der Waals surface area (Å²) in [6, 6.07) is 3.02. The van der Waals surface area contributed by atoms with Gasteiger partial charge in [0, 0.05) is 115 Å². The van der Waals surface area contributed by atoms with E-state index in [-0.39, 0.29) is 54.6 Å². The number of anilines is 4. The van der Waals surface area contributed by atoms with Gasteiger partial charge in [0.25, 0.3) is 5.91 Å². The van der Waals surface area contributed by atoms with E-state index in [2.05, 4.69) is 40.2 Å². The maximum Gasteiger partial charge on any atom is 0.410 e. The largest absolute Gasteiger partial charge is 0.439 e. The number of imide groups is 1. The van der Waals surface area contributed by atoms with Gasteiger partial charge in [-0.3, -0.25) is 24.5 Å². The summed E-state index contributed by atoms with van der Waals surface area (Å²) in [5.74, 6) is 1.60. The lowest BCUT2D eigenvalue weighted by Gasteiger charge is -2.61. The Morgan fingerprint density at radius 1 is 0.903 bits per heavy atom. The number of carbonyl (C=O) groups excluding carboxylic acids is 4. The fraction of sp³-hybridized carbons (Fsp3) is 0.521. The molecule has 1 spiro atoms. The number of nitrogen functional groups attached to an aromatic ring is 1. The van der Waals surface area contributed by atoms with Crippen molar-refractivity contribution in [2.24, 2.45) is 18.4 Å². The number of halogens is 1. The van der Waals surface area contributed by atoms with E-state index in [1.54, 1.807) is 46.1 Å². The van der Waals surface area contributed by atoms with E-state index in [0.717, 1.165) is 69.9 Å². The monoisotopic (exact) mass is 985 g/mol. The van der Waals surface area contributed by atoms with E-state index in [9.17, 15) is 19.2 Å². The molecule has 12 rings (SSSR count). The van der Waals surface area contributed by atoms with Crippen LogP contribution in [0.1, 0.15) is 63.7 Å². The second-order valence-corrected chi connectivity index (χ2v) is 20.5. The number of fused-ring (bicyclic) bond motifs is 2. The molecule has 0 unspecified atom stereocenters. The Balaban J connectivity index is 0.584. The van der Waals surface area contributed by atoms with Crippen LogP contribution in [0.4, 0.5) is 37.0 Å². The van der Waals surface area contributed by atoms with Crippen molar-refractivity contribution in [2.75, 3.05) is 106 Å². The Bertz CT molecular complexity index is 3120. The van der Waals surface area contributed by atoms with Gasteiger partial charge in [-0.25, -0.2) is 38.6 Å². The van der Waals surface area contributed by atoms with Crippen LogP contribution in [-0.2, 0) is 21.4 Å². The van der Waals surface area contributed by atoms with Crippen molar-refractivity contribution in [1.82, 2.24) is 64.7 Å². The zero-order chi connectivity index (χ0) is 49.6. The first-order chi connectivity index (χ1) is 34.8. The van der Waals surface area contributed by atoms with Crippen molar-refractivity contribution in [1.29, 1.82) is 0 Å². The van der Waals surface area contributed by atoms with Crippen molar-refractivity contribution in [2.45, 2.75) is 57.9 Å². The first-order valence-electron chi connectivity index (χ1n) is 24.8. The lowest BCUT2D eigenvalue weighted by atomic mass is 9.72. The zero-order valence-electron chi connectivity index (χ0n) is 40.5. The molecule has 6 fully saturated rings. The number of aryl methyl sites for hydroxylation is 1. The van der Waals surface area contributed by atoms with Gasteiger partial charge < -0.3 is 39.5 Å². The van der Waals surface area contributed by atoms with E-state index < -0.39 is 12.1 Å². The molecular weight excluding hydrogens is 930 g/mol. The third-order valence-electron chi connectivity index (χ3n) is 15.2. The minimum atomic E-state index is -0.555. The van der Waals surface area contributed by atoms with E-state index in [4.69, 9.17) is 30.1 Å². The molecule has 5 aromatic heterocycles. The molecule has 5 saturated heterocycles. The number of hydrogen-bond donors (Lipinski definition) is 2. The fourth-order valence-electron chi connectivity index (χ4n) is 11.3. The number of ether oxygens (including phenoxy) is 1. The van der Waals surface area contributed by atoms with Crippen molar-refractivity contribution in [3.63, 3.8) is 0 Å². The minimum Gasteiger partial charge on any atom is -0.439 e. The number of amides is 5. The molecule has 0 bridgehead atoms. The molecule has 1 aliphatic carbocycles. The van der Waals surface area contributed by atoms with Gasteiger partial charge in [-0.1, -0.05) is 5.16 Å². The van der Waals surface area contributed by atoms with Gasteiger partial charge in [0.2, 0.25) is 5.91 Å². The molecule has 5 aliphatic heterocycles. The summed E-state index contributed by atoms with van der Waals surface area (Å²) < 4.78 is 30.8. The smallest absolute Gasteiger partial charge is 0.410 e. The van der Waals surface area contributed by atoms with E-state index in [1.165, 1.54) is 15.9 Å². The molecule has 0 radical (unpaired) electrons. The van der Waals surface area contributed by atoms with Crippen molar-refractivity contribution < 1.29 is 32.8 Å². The summed E-state index contributed by atoms with van der Waals surface area (Å²) >= 11 is 0. The normalized spacial score (nSPS) is 19.7. The van der Waals surface area contributed by atoms with Crippen LogP contribution < -0.4 is 25.8 Å². The third-order valence-corrected chi connectivity index (χ3v) is 15.2. The molecule has 23 nitrogen and oxygen atoms in total. The minimum absolute atomic E-state index is 0.00953. The molecule has 10 heterocycles. The highest BCUT2D eigenvalue weighted by Crippen LogP contribution is 2.48. The number of aromatic nitrogens is 9. The molecule has 1 aromatic carbocycles. The number of carbonyl (C=O) groups is 4. The third kappa shape index (κ3) is 8.04. The highest BCUT2D eigenvalue weighted by atomic mass is 19.1. The molecule has 24 heteroatoms. The number of rotatable bonds is 11. The molecule has 6 aliphatic rings. The van der Waals surface area contributed by atoms with Gasteiger partial charge in [-0.15, -0.1) is 0 Å². The first-order valence-corrected chi connectivity index (χ1v) is 24.8. The number of piperazine rings is 1. The Morgan fingerprint density at radius 2 is 1.65 bits per heavy atom. The molecule has 3 N–H and O–H groups in total. The fourth-order valence-corrected chi connectivity index (χ4v) is 11.3. The lowest BCUT2D eigenvalue weighted by Crippen LogP contribution is -2.72. The van der Waals surface area contributed by atoms with Crippen LogP contribution in [0.2, 0.25) is 0 Å². The standard InChI is InChI=1S/C48H56FN17O6/c1-27(2)66-45-36(42(50)53-26-54-45)38(56-66)39-35(41(72-58-39)29-4-5-29)43-51-18-30(19-52-43)61-14-16-63(17-15-61)47(70)71-21-34(68)62-11-8-28(9-12-62)20-60-22-48(23-60)24-64(25-48)32-7-6-31-40(37(32)49)59(3)57-44(31)65-13-10-33(67)55-46(65)69/h6-7,18-19,26-29H,4-5,8-17,20-25H2,1-3H3,(H2,50,53,54)(H,55,67,69). The van der Waals surface area contributed by atoms with Gasteiger partial charge in [-0.05, 0) is 57.6 Å². The van der Waals surface area contributed by atoms with Crippen LogP contribution in [0.15, 0.2) is 35.4 Å². The average Bonchev–Trinajstić information content (AvgIpc) is 3.83. The lowest BCUT2D eigenvalue weighted by molar-refractivity contribution is -0.136. The molecular formula is C48H56FN17O6. The van der Waals surface area contributed by atoms with Crippen LogP contribution in [-0.4, -0.2) is 168 Å². The predicted molar refractivity (Wildman–Crippen MR) is 260 cm³/mol. The second kappa shape index (κ2) is 17.7. The maximum atomic E-state index is 16.0. The topological polar surface area (TPSA) is 248 Å². The Kier molecular flexibility index (Phi) is 11.2. The van der Waals surface area contributed by atoms with Crippen molar-refractivity contribution in [3.05, 3.63) is 42.4 Å². The number of nitrogens with two attached hydrogens (primary N) is 1. The first kappa shape index (κ1) is 45.6. The average molecular weight is 986 g/mol. The van der Waals surface area contributed by atoms with E-state index in [0.29, 0.717) is 107 Å². The predicted octanol–water partition coefficient (Wildman–Crippen LogP) is 3.77. The van der Waals surface area contributed by atoms with Crippen LogP contribution >= 0.6 is 0 Å². The van der Waals surface area contributed by atoms with Crippen LogP contribution in [0, 0.1) is 17.2 Å². The van der Waals surface area contributed by atoms with Gasteiger partial charge >= 0.3 is 12.1 Å². The van der Waals surface area contributed by atoms with Crippen LogP contribution in [0.5, 0.6) is 0 Å². The molecule has 72 heavy (non-hydrogen) atoms. The highest BCUT2D eigenvalue weighted by molar-refractivity contribution is 6.09. The van der Waals surface area contributed by atoms with Gasteiger partial charge in [-0.2, -0.15) is 10.2 Å². The number of piperidine rings is 1. The van der Waals surface area contributed by atoms with Crippen molar-refractivity contribution >= 4 is 68.9 Å². The zero-order valence-corrected chi connectivity index (χ0v) is 40.5. The Hall–Kier alpha value is -7.50. The van der Waals surface area contributed by atoms with E-state index >= 15 is 4.39 Å². The number of benzene rings is 1. The van der Waals surface area contributed by atoms with Crippen LogP contribution in [0.25, 0.3) is 44.7 Å². The Labute approximate surface area is 412 Å². The summed E-state index contributed by atoms with van der Waals surface area (Å²) in [6.07, 6.45) is 8.34. The summed E-state index contributed by atoms with van der Waals surface area (Å²) in [6.45, 7) is 11.4. The van der Waals surface area contributed by atoms with E-state index in [1.807, 2.05) is 13.8 Å². The number of nitrogens with one attached hydrogen (secondary N) is 1. The molecule has 1 saturated carbocycles. The molecule has 6 aromatic rings. The molecule has 376 valence electrons. The number of nitrogens with zero attached hydrogens (tertiary/aromatic N) is 15. The number of urea groups is 1. The summed E-state index contributed by atoms with van der Waals surface area (Å²) in [5.41, 5.74) is 10.4. The summed E-state index contributed by atoms with van der Waals surface area (Å²) in [5, 5.41) is 17.2. The van der Waals surface area contributed by atoms with Crippen LogP contribution in [0.3, 0.4) is 0 Å². The Morgan fingerprint density at radius 3 is 2.36 bits per heavy atom. The SMILES string of the molecule is CC(C)n1nc(-c2noc(C3CC3)c2-c2ncc(N3CCN(C(=O)OCC(=O)N4CCC(CN5CC6(C5)CN(c5ccc7c(N8CCC(=O)NC8=O)nn(C)c7c5F)C6)CC4)CC3)cn2)c2c(N)ncnc21. The van der Waals surface area contributed by atoms with Crippen molar-refractivity contribution in [3.8, 4) is 22.8 Å². The quantitative estimate of drug-likeness (QED) is 0.188. The van der Waals surface area contributed by atoms with Gasteiger partial charge in [0.05, 0.1) is 34.7 Å². The highest BCUT2D eigenvalue weighted by Gasteiger charge is 2.52. The number of hydrogen-bond acceptors (Lipinski definition) is 17. The number of likely N-dealkylation sites (tertiary alicyclic amines) is 2. The van der Waals surface area contributed by atoms with Gasteiger partial charge in [0.1, 0.15) is 29.0 Å².